The number of carbonyl (C=O) groups excluding carboxylic acids is 2. The Balaban J connectivity index is 0.908. The SMILES string of the molecule is C=C(C)CCC[C@]1(C)OC(=O)C23CC[C@H]4C(=CC[C@H]5C(C)(C)C(O[C@@H]6OC[C@@H](O)[C@H](O)[C@H]6O[C@@H]6O[C@H](CO)[C@@H](O[C@@H]7O[C@H](COS(=O)(=O)O)[C@@H](O)[C@H](O[C@@H]8O[C@H](COS(=O)(=O)O)[C@@H](O)[C@H](OC)[C@H]8O)[C@H]7O)[C@H](O)[C@H]6O[C@@H]6OC[C@@H](O)[C@H](O)[C@H]6O)CC[C@]45C)[C@]2(C)C[C@H](OC(C)=O)C31. The molecule has 34 nitrogen and oxygen atoms in total. The highest BCUT2D eigenvalue weighted by Gasteiger charge is 2.79. The third-order valence-electron chi connectivity index (χ3n) is 22.6. The topological polar surface area (TPSA) is 504 Å². The van der Waals surface area contributed by atoms with E-state index < -0.39 is 241 Å². The number of aliphatic hydroxyl groups is 11. The van der Waals surface area contributed by atoms with Gasteiger partial charge in [-0.3, -0.25) is 18.7 Å². The van der Waals surface area contributed by atoms with Gasteiger partial charge in [0.1, 0.15) is 122 Å². The van der Waals surface area contributed by atoms with E-state index in [-0.39, 0.29) is 23.2 Å². The van der Waals surface area contributed by atoms with E-state index in [9.17, 15) is 91.7 Å². The second kappa shape index (κ2) is 29.1. The number of hydrogen-bond donors (Lipinski definition) is 13. The number of methoxy groups -OCH3 is 1. The highest BCUT2D eigenvalue weighted by Crippen LogP contribution is 2.77. The lowest BCUT2D eigenvalue weighted by atomic mass is 9.41. The summed E-state index contributed by atoms with van der Waals surface area (Å²) >= 11 is 0. The van der Waals surface area contributed by atoms with Crippen molar-refractivity contribution < 1.29 is 162 Å². The van der Waals surface area contributed by atoms with Crippen LogP contribution in [0.3, 0.4) is 0 Å². The summed E-state index contributed by atoms with van der Waals surface area (Å²) in [6.45, 7) is 13.2. The van der Waals surface area contributed by atoms with Gasteiger partial charge in [-0.2, -0.15) is 16.8 Å². The first-order chi connectivity index (χ1) is 45.2. The van der Waals surface area contributed by atoms with Crippen LogP contribution in [0.1, 0.15) is 106 Å². The zero-order valence-corrected chi connectivity index (χ0v) is 56.7. The van der Waals surface area contributed by atoms with Gasteiger partial charge < -0.3 is 118 Å². The molecule has 32 atom stereocenters. The molecule has 1 spiro atoms. The Kier molecular flexibility index (Phi) is 23.1. The second-order valence-corrected chi connectivity index (χ2v) is 31.2. The Bertz CT molecular complexity index is 3070. The number of fused-ring (bicyclic) bond motifs is 4. The van der Waals surface area contributed by atoms with Gasteiger partial charge in [-0.25, -0.2) is 8.37 Å². The van der Waals surface area contributed by atoms with Gasteiger partial charge in [-0.05, 0) is 94.3 Å². The molecule has 6 heterocycles. The van der Waals surface area contributed by atoms with Crippen molar-refractivity contribution in [3.8, 4) is 0 Å². The zero-order valence-electron chi connectivity index (χ0n) is 55.1. The normalized spacial score (nSPS) is 48.3. The van der Waals surface area contributed by atoms with Crippen molar-refractivity contribution in [2.45, 2.75) is 265 Å². The maximum absolute atomic E-state index is 14.8. The molecule has 3 saturated carbocycles. The molecule has 556 valence electrons. The third-order valence-corrected chi connectivity index (χ3v) is 23.4. The molecule has 4 aliphatic carbocycles. The minimum absolute atomic E-state index is 0.0187. The maximum Gasteiger partial charge on any atom is 0.397 e. The lowest BCUT2D eigenvalue weighted by molar-refractivity contribution is -0.406. The number of esters is 2. The summed E-state index contributed by atoms with van der Waals surface area (Å²) in [6.07, 6.45) is -39.3. The summed E-state index contributed by atoms with van der Waals surface area (Å²) in [5.41, 5.74) is -1.52. The van der Waals surface area contributed by atoms with Crippen molar-refractivity contribution >= 4 is 32.7 Å². The molecule has 13 N–H and O–H groups in total. The van der Waals surface area contributed by atoms with E-state index in [1.54, 1.807) is 0 Å². The van der Waals surface area contributed by atoms with Crippen molar-refractivity contribution in [2.75, 3.05) is 40.1 Å². The molecule has 0 bridgehead atoms. The molecule has 6 saturated heterocycles. The van der Waals surface area contributed by atoms with Gasteiger partial charge in [0.15, 0.2) is 31.5 Å². The lowest BCUT2D eigenvalue weighted by Gasteiger charge is -2.64. The summed E-state index contributed by atoms with van der Waals surface area (Å²) in [6, 6.07) is 0. The number of cyclic esters (lactones) is 1. The van der Waals surface area contributed by atoms with Crippen molar-refractivity contribution in [3.05, 3.63) is 23.8 Å². The van der Waals surface area contributed by atoms with Gasteiger partial charge in [0.05, 0.1) is 50.5 Å². The standard InChI is InChI=1S/C61H96O34S2/c1-25(2)11-10-16-60(8)50-31(86-26(3)63)19-59(7)28-12-13-35-57(4,5)36(15-17-58(35,6)27(28)14-18-61(50,59)56(74)95-60)90-54-48(38(67)30(65)22-83-54)94-55-49(93-51-41(70)37(66)29(64)21-82-51)42(71)45(32(20-62)87-55)91-53-44(73)47(40(69)34(89-53)24-85-97(78,79)80)92-52-43(72)46(81-9)39(68)33(88-52)23-84-96(75,76)77/h12,27,29-55,62,64-73H,1,10-11,13-24H2,2-9H3,(H,75,76,77)(H,78,79,80)/t27-,29+,30+,31-,32+,33+,34+,35-,36?,37-,38-,39+,40+,41+,42-,43+,44+,45+,46-,47-,48+,49+,50?,51-,52-,53-,54-,55-,58+,59-,60-,61?/m0/s1. The van der Waals surface area contributed by atoms with E-state index in [0.717, 1.165) is 31.1 Å². The smallest absolute Gasteiger partial charge is 0.397 e. The summed E-state index contributed by atoms with van der Waals surface area (Å²) < 4.78 is 153. The van der Waals surface area contributed by atoms with E-state index in [4.69, 9.17) is 61.6 Å². The number of rotatable bonds is 23. The number of allylic oxidation sites excluding steroid dienone is 3. The monoisotopic (exact) mass is 1440 g/mol. The summed E-state index contributed by atoms with van der Waals surface area (Å²) in [5, 5.41) is 125. The molecule has 0 amide bonds. The minimum Gasteiger partial charge on any atom is -0.462 e. The van der Waals surface area contributed by atoms with Crippen LogP contribution in [-0.4, -0.2) is 293 Å². The molecule has 0 aromatic heterocycles. The fourth-order valence-corrected chi connectivity index (χ4v) is 18.5. The highest BCUT2D eigenvalue weighted by atomic mass is 32.3. The Labute approximate surface area is 561 Å². The summed E-state index contributed by atoms with van der Waals surface area (Å²) in [7, 11) is -9.48. The lowest BCUT2D eigenvalue weighted by Crippen LogP contribution is -2.68. The van der Waals surface area contributed by atoms with Crippen LogP contribution in [0.25, 0.3) is 0 Å². The molecular weight excluding hydrogens is 1340 g/mol. The Hall–Kier alpha value is -2.72. The van der Waals surface area contributed by atoms with Crippen LogP contribution >= 0.6 is 0 Å². The van der Waals surface area contributed by atoms with E-state index in [1.165, 1.54) is 6.92 Å². The number of hydrogen-bond acceptors (Lipinski definition) is 32. The summed E-state index contributed by atoms with van der Waals surface area (Å²) in [5.74, 6) is -1.22. The van der Waals surface area contributed by atoms with E-state index in [2.05, 4.69) is 48.7 Å². The van der Waals surface area contributed by atoms with Crippen LogP contribution in [0.5, 0.6) is 0 Å². The van der Waals surface area contributed by atoms with Crippen molar-refractivity contribution in [3.63, 3.8) is 0 Å². The predicted octanol–water partition coefficient (Wildman–Crippen LogP) is -2.76. The predicted molar refractivity (Wildman–Crippen MR) is 320 cm³/mol. The minimum atomic E-state index is -5.32. The largest absolute Gasteiger partial charge is 0.462 e. The Morgan fingerprint density at radius 1 is 0.639 bits per heavy atom. The number of ether oxygens (including phenoxy) is 13. The molecule has 3 unspecified atom stereocenters. The molecule has 9 fully saturated rings. The van der Waals surface area contributed by atoms with Crippen LogP contribution in [0.15, 0.2) is 23.8 Å². The molecule has 0 radical (unpaired) electrons. The highest BCUT2D eigenvalue weighted by molar-refractivity contribution is 7.81. The van der Waals surface area contributed by atoms with Gasteiger partial charge >= 0.3 is 32.7 Å². The fourth-order valence-electron chi connectivity index (χ4n) is 17.9. The van der Waals surface area contributed by atoms with Crippen LogP contribution in [0, 0.1) is 39.4 Å². The second-order valence-electron chi connectivity index (χ2n) is 29.0. The van der Waals surface area contributed by atoms with Gasteiger partial charge in [0.2, 0.25) is 0 Å². The fraction of sp³-hybridized carbons (Fsp3) is 0.902. The Morgan fingerprint density at radius 2 is 1.19 bits per heavy atom. The Morgan fingerprint density at radius 3 is 1.77 bits per heavy atom. The zero-order chi connectivity index (χ0) is 71.2. The number of aliphatic hydroxyl groups excluding tert-OH is 11. The molecule has 6 aliphatic heterocycles. The number of carbonyl (C=O) groups is 2. The van der Waals surface area contributed by atoms with Gasteiger partial charge in [0, 0.05) is 19.4 Å². The average Bonchev–Trinajstić information content (AvgIpc) is 1.51. The van der Waals surface area contributed by atoms with Gasteiger partial charge in [-0.1, -0.05) is 44.9 Å². The first kappa shape index (κ1) is 76.9. The molecule has 36 heteroatoms. The first-order valence-corrected chi connectivity index (χ1v) is 35.4. The van der Waals surface area contributed by atoms with Crippen LogP contribution in [0.2, 0.25) is 0 Å². The van der Waals surface area contributed by atoms with Crippen molar-refractivity contribution in [1.82, 2.24) is 0 Å². The molecule has 0 aromatic carbocycles. The van der Waals surface area contributed by atoms with Crippen LogP contribution < -0.4 is 0 Å². The van der Waals surface area contributed by atoms with Crippen LogP contribution in [0.4, 0.5) is 0 Å². The van der Waals surface area contributed by atoms with Crippen molar-refractivity contribution in [2.24, 2.45) is 39.4 Å². The van der Waals surface area contributed by atoms with Gasteiger partial charge in [-0.15, -0.1) is 6.58 Å². The average molecular weight is 1440 g/mol. The summed E-state index contributed by atoms with van der Waals surface area (Å²) in [4.78, 5) is 27.6. The van der Waals surface area contributed by atoms with E-state index in [0.29, 0.717) is 44.9 Å². The molecule has 10 rings (SSSR count). The van der Waals surface area contributed by atoms with E-state index in [1.807, 2.05) is 13.8 Å². The maximum atomic E-state index is 14.8. The van der Waals surface area contributed by atoms with Gasteiger partial charge in [0.25, 0.3) is 0 Å². The molecule has 10 aliphatic rings. The quantitative estimate of drug-likeness (QED) is 0.0280. The third kappa shape index (κ3) is 14.7. The molecule has 97 heavy (non-hydrogen) atoms. The first-order valence-electron chi connectivity index (χ1n) is 32.7. The van der Waals surface area contributed by atoms with Crippen LogP contribution in [-0.2, 0) is 100 Å². The van der Waals surface area contributed by atoms with E-state index >= 15 is 0 Å². The molecule has 0 aromatic rings. The molecular formula is C61H96O34S2. The van der Waals surface area contributed by atoms with Crippen molar-refractivity contribution in [1.29, 1.82) is 0 Å².